The van der Waals surface area contributed by atoms with Gasteiger partial charge in [0.2, 0.25) is 5.91 Å². The highest BCUT2D eigenvalue weighted by atomic mass is 32.1. The number of hydrogen-bond acceptors (Lipinski definition) is 5. The van der Waals surface area contributed by atoms with E-state index in [4.69, 9.17) is 4.74 Å². The molecule has 3 fully saturated rings. The molecule has 0 bridgehead atoms. The third-order valence-corrected chi connectivity index (χ3v) is 6.76. The summed E-state index contributed by atoms with van der Waals surface area (Å²) in [6, 6.07) is 0.610. The highest BCUT2D eigenvalue weighted by Gasteiger charge is 2.49. The van der Waals surface area contributed by atoms with Crippen LogP contribution in [0, 0.1) is 12.3 Å². The molecule has 1 aromatic heterocycles. The second kappa shape index (κ2) is 6.73. The lowest BCUT2D eigenvalue weighted by molar-refractivity contribution is -0.140. The Bertz CT molecular complexity index is 599. The number of thiazole rings is 1. The molecule has 0 aromatic carbocycles. The lowest BCUT2D eigenvalue weighted by Gasteiger charge is -2.44. The molecule has 3 saturated heterocycles. The Kier molecular flexibility index (Phi) is 4.62. The fourth-order valence-corrected chi connectivity index (χ4v) is 5.23. The van der Waals surface area contributed by atoms with E-state index in [2.05, 4.69) is 15.3 Å². The number of piperidine rings is 1. The number of carbonyl (C=O) groups is 1. The molecule has 0 radical (unpaired) electrons. The molecule has 1 amide bonds. The monoisotopic (exact) mass is 349 g/mol. The molecule has 3 aliphatic rings. The van der Waals surface area contributed by atoms with Crippen LogP contribution in [0.25, 0.3) is 0 Å². The maximum Gasteiger partial charge on any atom is 0.230 e. The van der Waals surface area contributed by atoms with Crippen molar-refractivity contribution in [2.45, 2.75) is 51.6 Å². The van der Waals surface area contributed by atoms with Crippen LogP contribution in [-0.4, -0.2) is 59.6 Å². The zero-order chi connectivity index (χ0) is 16.6. The van der Waals surface area contributed by atoms with Crippen LogP contribution in [0.15, 0.2) is 5.38 Å². The molecule has 0 saturated carbocycles. The number of nitrogens with zero attached hydrogens (tertiary/aromatic N) is 3. The van der Waals surface area contributed by atoms with Gasteiger partial charge in [-0.2, -0.15) is 0 Å². The van der Waals surface area contributed by atoms with Crippen LogP contribution < -0.4 is 0 Å². The van der Waals surface area contributed by atoms with Crippen molar-refractivity contribution in [1.29, 1.82) is 0 Å². The maximum absolute atomic E-state index is 13.2. The second-order valence-corrected chi connectivity index (χ2v) is 8.59. The number of amides is 1. The van der Waals surface area contributed by atoms with Crippen LogP contribution in [0.5, 0.6) is 0 Å². The maximum atomic E-state index is 13.2. The topological polar surface area (TPSA) is 45.7 Å². The summed E-state index contributed by atoms with van der Waals surface area (Å²) in [6.45, 7) is 7.43. The van der Waals surface area contributed by atoms with Gasteiger partial charge in [-0.15, -0.1) is 11.3 Å². The summed E-state index contributed by atoms with van der Waals surface area (Å²) >= 11 is 1.67. The van der Waals surface area contributed by atoms with E-state index in [1.54, 1.807) is 11.3 Å². The highest BCUT2D eigenvalue weighted by molar-refractivity contribution is 7.09. The van der Waals surface area contributed by atoms with E-state index in [0.717, 1.165) is 75.7 Å². The standard InChI is InChI=1S/C18H27N3O2S/c1-14-19-15(12-24-14)11-20-8-6-18(17(20)22)5-2-7-21(13-18)16-3-9-23-10-4-16/h12,16H,2-11,13H2,1H3/t18-/m0/s1. The van der Waals surface area contributed by atoms with Crippen molar-refractivity contribution in [1.82, 2.24) is 14.8 Å². The minimum Gasteiger partial charge on any atom is -0.381 e. The van der Waals surface area contributed by atoms with Crippen LogP contribution in [0.1, 0.15) is 42.8 Å². The van der Waals surface area contributed by atoms with Gasteiger partial charge in [0.1, 0.15) is 0 Å². The molecule has 4 rings (SSSR count). The van der Waals surface area contributed by atoms with Crippen molar-refractivity contribution < 1.29 is 9.53 Å². The van der Waals surface area contributed by atoms with Crippen LogP contribution in [0.2, 0.25) is 0 Å². The second-order valence-electron chi connectivity index (χ2n) is 7.53. The minimum absolute atomic E-state index is 0.137. The molecule has 4 heterocycles. The Morgan fingerprint density at radius 2 is 2.17 bits per heavy atom. The molecule has 1 spiro atoms. The molecule has 1 atom stereocenters. The van der Waals surface area contributed by atoms with E-state index < -0.39 is 0 Å². The molecular formula is C18H27N3O2S. The van der Waals surface area contributed by atoms with E-state index in [0.29, 0.717) is 18.5 Å². The lowest BCUT2D eigenvalue weighted by Crippen LogP contribution is -2.52. The zero-order valence-corrected chi connectivity index (χ0v) is 15.3. The van der Waals surface area contributed by atoms with Gasteiger partial charge in [-0.05, 0) is 45.6 Å². The first kappa shape index (κ1) is 16.5. The van der Waals surface area contributed by atoms with Gasteiger partial charge in [-0.25, -0.2) is 4.98 Å². The number of rotatable bonds is 3. The van der Waals surface area contributed by atoms with Crippen LogP contribution in [-0.2, 0) is 16.1 Å². The molecule has 3 aliphatic heterocycles. The Hall–Kier alpha value is -0.980. The van der Waals surface area contributed by atoms with E-state index in [9.17, 15) is 4.79 Å². The van der Waals surface area contributed by atoms with Gasteiger partial charge in [0, 0.05) is 37.7 Å². The van der Waals surface area contributed by atoms with Crippen molar-refractivity contribution in [2.24, 2.45) is 5.41 Å². The van der Waals surface area contributed by atoms with Gasteiger partial charge in [-0.3, -0.25) is 9.69 Å². The number of hydrogen-bond donors (Lipinski definition) is 0. The SMILES string of the molecule is Cc1nc(CN2CC[C@]3(CCCN(C4CCOCC4)C3)C2=O)cs1. The highest BCUT2D eigenvalue weighted by Crippen LogP contribution is 2.41. The summed E-state index contributed by atoms with van der Waals surface area (Å²) in [7, 11) is 0. The summed E-state index contributed by atoms with van der Waals surface area (Å²) in [5, 5.41) is 3.16. The third-order valence-electron chi connectivity index (χ3n) is 5.93. The first-order valence-electron chi connectivity index (χ1n) is 9.18. The normalized spacial score (nSPS) is 29.7. The first-order valence-corrected chi connectivity index (χ1v) is 10.1. The van der Waals surface area contributed by atoms with Gasteiger partial charge < -0.3 is 9.64 Å². The Morgan fingerprint density at radius 3 is 2.92 bits per heavy atom. The first-order chi connectivity index (χ1) is 11.7. The van der Waals surface area contributed by atoms with Gasteiger partial charge >= 0.3 is 0 Å². The van der Waals surface area contributed by atoms with E-state index in [-0.39, 0.29) is 5.41 Å². The molecule has 132 valence electrons. The molecule has 6 heteroatoms. The largest absolute Gasteiger partial charge is 0.381 e. The average molecular weight is 350 g/mol. The lowest BCUT2D eigenvalue weighted by atomic mass is 9.77. The van der Waals surface area contributed by atoms with Crippen molar-refractivity contribution in [3.8, 4) is 0 Å². The van der Waals surface area contributed by atoms with Crippen LogP contribution >= 0.6 is 11.3 Å². The zero-order valence-electron chi connectivity index (χ0n) is 14.5. The summed E-state index contributed by atoms with van der Waals surface area (Å²) in [5.41, 5.74) is 0.904. The summed E-state index contributed by atoms with van der Waals surface area (Å²) in [5.74, 6) is 0.366. The summed E-state index contributed by atoms with van der Waals surface area (Å²) in [6.07, 6.45) is 5.44. The van der Waals surface area contributed by atoms with E-state index in [1.165, 1.54) is 0 Å². The van der Waals surface area contributed by atoms with Crippen molar-refractivity contribution in [3.05, 3.63) is 16.1 Å². The Balaban J connectivity index is 1.43. The molecule has 1 aromatic rings. The summed E-state index contributed by atoms with van der Waals surface area (Å²) in [4.78, 5) is 22.3. The van der Waals surface area contributed by atoms with Gasteiger partial charge in [0.25, 0.3) is 0 Å². The molecule has 0 N–H and O–H groups in total. The van der Waals surface area contributed by atoms with E-state index in [1.807, 2.05) is 11.8 Å². The fraction of sp³-hybridized carbons (Fsp3) is 0.778. The minimum atomic E-state index is -0.137. The number of aryl methyl sites for hydroxylation is 1. The quantitative estimate of drug-likeness (QED) is 0.841. The number of carbonyl (C=O) groups excluding carboxylic acids is 1. The van der Waals surface area contributed by atoms with Gasteiger partial charge in [0.05, 0.1) is 22.7 Å². The fourth-order valence-electron chi connectivity index (χ4n) is 4.63. The van der Waals surface area contributed by atoms with Crippen molar-refractivity contribution in [2.75, 3.05) is 32.8 Å². The molecule has 24 heavy (non-hydrogen) atoms. The predicted molar refractivity (Wildman–Crippen MR) is 94.0 cm³/mol. The molecular weight excluding hydrogens is 322 g/mol. The molecule has 5 nitrogen and oxygen atoms in total. The Morgan fingerprint density at radius 1 is 1.33 bits per heavy atom. The summed E-state index contributed by atoms with van der Waals surface area (Å²) < 4.78 is 5.51. The molecule has 0 unspecified atom stereocenters. The van der Waals surface area contributed by atoms with E-state index >= 15 is 0 Å². The van der Waals surface area contributed by atoms with Crippen molar-refractivity contribution in [3.63, 3.8) is 0 Å². The molecule has 0 aliphatic carbocycles. The average Bonchev–Trinajstić information content (AvgIpc) is 3.15. The third kappa shape index (κ3) is 3.11. The number of aromatic nitrogens is 1. The van der Waals surface area contributed by atoms with Crippen molar-refractivity contribution >= 4 is 17.2 Å². The number of likely N-dealkylation sites (tertiary alicyclic amines) is 2. The van der Waals surface area contributed by atoms with Gasteiger partial charge in [-0.1, -0.05) is 0 Å². The smallest absolute Gasteiger partial charge is 0.230 e. The van der Waals surface area contributed by atoms with Crippen LogP contribution in [0.3, 0.4) is 0 Å². The van der Waals surface area contributed by atoms with Gasteiger partial charge in [0.15, 0.2) is 0 Å². The predicted octanol–water partition coefficient (Wildman–Crippen LogP) is 2.45. The van der Waals surface area contributed by atoms with Crippen LogP contribution in [0.4, 0.5) is 0 Å². The Labute approximate surface area is 148 Å². The number of ether oxygens (including phenoxy) is 1.